The lowest BCUT2D eigenvalue weighted by Crippen LogP contribution is -2.36. The minimum atomic E-state index is 0.0411. The van der Waals surface area contributed by atoms with Gasteiger partial charge in [-0.15, -0.1) is 0 Å². The van der Waals surface area contributed by atoms with Crippen LogP contribution in [0.15, 0.2) is 22.9 Å². The van der Waals surface area contributed by atoms with Crippen molar-refractivity contribution in [2.75, 3.05) is 7.05 Å². The smallest absolute Gasteiger partial charge is 0.256 e. The van der Waals surface area contributed by atoms with E-state index < -0.39 is 0 Å². The quantitative estimate of drug-likeness (QED) is 0.799. The molecule has 0 N–H and O–H groups in total. The summed E-state index contributed by atoms with van der Waals surface area (Å²) in [5, 5.41) is 0. The fraction of sp³-hybridized carbons (Fsp3) is 0.500. The molecule has 86 valence electrons. The van der Waals surface area contributed by atoms with E-state index in [1.165, 1.54) is 12.8 Å². The van der Waals surface area contributed by atoms with Gasteiger partial charge in [-0.3, -0.25) is 4.79 Å². The van der Waals surface area contributed by atoms with Crippen LogP contribution in [0.1, 0.15) is 30.1 Å². The third-order valence-electron chi connectivity index (χ3n) is 3.22. The fourth-order valence-corrected chi connectivity index (χ4v) is 2.24. The van der Waals surface area contributed by atoms with Crippen LogP contribution in [0.25, 0.3) is 0 Å². The first-order valence-corrected chi connectivity index (χ1v) is 6.28. The maximum Gasteiger partial charge on any atom is 0.256 e. The first-order valence-electron chi connectivity index (χ1n) is 5.49. The van der Waals surface area contributed by atoms with E-state index in [1.54, 1.807) is 18.3 Å². The van der Waals surface area contributed by atoms with Gasteiger partial charge < -0.3 is 4.90 Å². The molecule has 1 aliphatic carbocycles. The van der Waals surface area contributed by atoms with Gasteiger partial charge in [0.05, 0.1) is 5.56 Å². The maximum absolute atomic E-state index is 12.2. The molecule has 1 amide bonds. The molecule has 1 saturated carbocycles. The number of pyridine rings is 1. The summed E-state index contributed by atoms with van der Waals surface area (Å²) in [6.07, 6.45) is 4.16. The highest BCUT2D eigenvalue weighted by atomic mass is 79.9. The first-order chi connectivity index (χ1) is 7.61. The molecule has 1 aromatic rings. The van der Waals surface area contributed by atoms with Gasteiger partial charge in [0.2, 0.25) is 0 Å². The van der Waals surface area contributed by atoms with E-state index in [0.717, 1.165) is 0 Å². The molecule has 0 saturated heterocycles. The molecular weight excluding hydrogens is 268 g/mol. The highest BCUT2D eigenvalue weighted by Gasteiger charge is 2.33. The fourth-order valence-electron chi connectivity index (χ4n) is 1.82. The van der Waals surface area contributed by atoms with Gasteiger partial charge in [0.15, 0.2) is 0 Å². The average Bonchev–Trinajstić information content (AvgIpc) is 3.11. The summed E-state index contributed by atoms with van der Waals surface area (Å²) < 4.78 is 0.620. The zero-order valence-corrected chi connectivity index (χ0v) is 11.1. The molecule has 0 aliphatic heterocycles. The molecule has 0 bridgehead atoms. The topological polar surface area (TPSA) is 33.2 Å². The second-order valence-corrected chi connectivity index (χ2v) is 5.09. The number of carbonyl (C=O) groups is 1. The summed E-state index contributed by atoms with van der Waals surface area (Å²) in [5.74, 6) is 0.726. The maximum atomic E-state index is 12.2. The van der Waals surface area contributed by atoms with Crippen LogP contribution in [0, 0.1) is 5.92 Å². The summed E-state index contributed by atoms with van der Waals surface area (Å²) in [5.41, 5.74) is 0.637. The first kappa shape index (κ1) is 11.6. The minimum absolute atomic E-state index is 0.0411. The lowest BCUT2D eigenvalue weighted by Gasteiger charge is -2.25. The SMILES string of the molecule is CC(C1CC1)N(C)C(=O)c1cccnc1Br. The molecular formula is C12H15BrN2O. The van der Waals surface area contributed by atoms with Crippen LogP contribution in [0.3, 0.4) is 0 Å². The highest BCUT2D eigenvalue weighted by Crippen LogP contribution is 2.35. The van der Waals surface area contributed by atoms with Gasteiger partial charge in [-0.1, -0.05) is 0 Å². The van der Waals surface area contributed by atoms with Crippen LogP contribution >= 0.6 is 15.9 Å². The molecule has 1 unspecified atom stereocenters. The van der Waals surface area contributed by atoms with Crippen molar-refractivity contribution in [3.63, 3.8) is 0 Å². The van der Waals surface area contributed by atoms with Crippen molar-refractivity contribution >= 4 is 21.8 Å². The van der Waals surface area contributed by atoms with Crippen molar-refractivity contribution in [3.8, 4) is 0 Å². The van der Waals surface area contributed by atoms with Gasteiger partial charge in [-0.05, 0) is 53.7 Å². The van der Waals surface area contributed by atoms with E-state index in [9.17, 15) is 4.79 Å². The zero-order chi connectivity index (χ0) is 11.7. The minimum Gasteiger partial charge on any atom is -0.339 e. The van der Waals surface area contributed by atoms with Gasteiger partial charge in [0, 0.05) is 19.3 Å². The molecule has 3 nitrogen and oxygen atoms in total. The number of halogens is 1. The van der Waals surface area contributed by atoms with Crippen molar-refractivity contribution in [2.45, 2.75) is 25.8 Å². The summed E-state index contributed by atoms with van der Waals surface area (Å²) in [6, 6.07) is 3.91. The number of aromatic nitrogens is 1. The van der Waals surface area contributed by atoms with Crippen LogP contribution in [0.4, 0.5) is 0 Å². The van der Waals surface area contributed by atoms with Crippen LogP contribution in [-0.4, -0.2) is 28.9 Å². The third kappa shape index (κ3) is 2.26. The Morgan fingerprint density at radius 1 is 1.62 bits per heavy atom. The number of hydrogen-bond donors (Lipinski definition) is 0. The Balaban J connectivity index is 2.15. The lowest BCUT2D eigenvalue weighted by molar-refractivity contribution is 0.0726. The molecule has 0 aromatic carbocycles. The molecule has 1 aliphatic rings. The third-order valence-corrected chi connectivity index (χ3v) is 3.86. The Kier molecular flexibility index (Phi) is 3.28. The number of amides is 1. The van der Waals surface area contributed by atoms with Crippen molar-refractivity contribution in [1.29, 1.82) is 0 Å². The summed E-state index contributed by atoms with van der Waals surface area (Å²) in [6.45, 7) is 2.11. The molecule has 2 rings (SSSR count). The predicted molar refractivity (Wildman–Crippen MR) is 66.2 cm³/mol. The van der Waals surface area contributed by atoms with Crippen molar-refractivity contribution < 1.29 is 4.79 Å². The average molecular weight is 283 g/mol. The summed E-state index contributed by atoms with van der Waals surface area (Å²) in [7, 11) is 1.87. The molecule has 4 heteroatoms. The number of nitrogens with zero attached hydrogens (tertiary/aromatic N) is 2. The van der Waals surface area contributed by atoms with Crippen LogP contribution in [0.2, 0.25) is 0 Å². The van der Waals surface area contributed by atoms with Crippen molar-refractivity contribution in [2.24, 2.45) is 5.92 Å². The zero-order valence-electron chi connectivity index (χ0n) is 9.48. The Hall–Kier alpha value is -0.900. The van der Waals surface area contributed by atoms with Gasteiger partial charge in [-0.2, -0.15) is 0 Å². The normalized spacial score (nSPS) is 16.9. The van der Waals surface area contributed by atoms with Gasteiger partial charge >= 0.3 is 0 Å². The van der Waals surface area contributed by atoms with Gasteiger partial charge in [-0.25, -0.2) is 4.98 Å². The van der Waals surface area contributed by atoms with Gasteiger partial charge in [0.25, 0.3) is 5.91 Å². The second-order valence-electron chi connectivity index (χ2n) is 4.34. The van der Waals surface area contributed by atoms with Crippen LogP contribution in [-0.2, 0) is 0 Å². The standard InChI is InChI=1S/C12H15BrN2O/c1-8(9-5-6-9)15(2)12(16)10-4-3-7-14-11(10)13/h3-4,7-9H,5-6H2,1-2H3. The van der Waals surface area contributed by atoms with E-state index in [4.69, 9.17) is 0 Å². The molecule has 0 radical (unpaired) electrons. The number of carbonyl (C=O) groups excluding carboxylic acids is 1. The van der Waals surface area contributed by atoms with Crippen LogP contribution in [0.5, 0.6) is 0 Å². The molecule has 1 fully saturated rings. The molecule has 1 atom stereocenters. The largest absolute Gasteiger partial charge is 0.339 e. The van der Waals surface area contributed by atoms with E-state index in [0.29, 0.717) is 22.1 Å². The van der Waals surface area contributed by atoms with Crippen LogP contribution < -0.4 is 0 Å². The number of hydrogen-bond acceptors (Lipinski definition) is 2. The molecule has 1 heterocycles. The Morgan fingerprint density at radius 2 is 2.31 bits per heavy atom. The van der Waals surface area contributed by atoms with E-state index in [2.05, 4.69) is 27.8 Å². The summed E-state index contributed by atoms with van der Waals surface area (Å²) >= 11 is 3.31. The van der Waals surface area contributed by atoms with E-state index >= 15 is 0 Å². The van der Waals surface area contributed by atoms with Gasteiger partial charge in [0.1, 0.15) is 4.60 Å². The Bertz CT molecular complexity index is 404. The molecule has 16 heavy (non-hydrogen) atoms. The predicted octanol–water partition coefficient (Wildman–Crippen LogP) is 2.71. The van der Waals surface area contributed by atoms with Crippen molar-refractivity contribution in [3.05, 3.63) is 28.5 Å². The molecule has 1 aromatic heterocycles. The molecule has 0 spiro atoms. The Morgan fingerprint density at radius 3 is 2.88 bits per heavy atom. The lowest BCUT2D eigenvalue weighted by atomic mass is 10.1. The van der Waals surface area contributed by atoms with Crippen molar-refractivity contribution in [1.82, 2.24) is 9.88 Å². The second kappa shape index (κ2) is 4.53. The summed E-state index contributed by atoms with van der Waals surface area (Å²) in [4.78, 5) is 18.1. The van der Waals surface area contributed by atoms with E-state index in [-0.39, 0.29) is 5.91 Å². The number of rotatable bonds is 3. The Labute approximate surface area is 104 Å². The highest BCUT2D eigenvalue weighted by molar-refractivity contribution is 9.10. The monoisotopic (exact) mass is 282 g/mol. The van der Waals surface area contributed by atoms with E-state index in [1.807, 2.05) is 11.9 Å².